The normalized spacial score (nSPS) is 13.9. The van der Waals surface area contributed by atoms with Crippen LogP contribution < -0.4 is 5.32 Å². The van der Waals surface area contributed by atoms with Crippen LogP contribution in [0.1, 0.15) is 12.5 Å². The highest BCUT2D eigenvalue weighted by Gasteiger charge is 2.15. The average Bonchev–Trinajstić information content (AvgIpc) is 2.46. The molecule has 1 aromatic rings. The summed E-state index contributed by atoms with van der Waals surface area (Å²) in [5.74, 6) is -0.595. The van der Waals surface area contributed by atoms with Crippen molar-refractivity contribution in [3.05, 3.63) is 47.5 Å². The summed E-state index contributed by atoms with van der Waals surface area (Å²) in [4.78, 5) is 20.6. The summed E-state index contributed by atoms with van der Waals surface area (Å²) in [7, 11) is 0. The highest BCUT2D eigenvalue weighted by Crippen LogP contribution is 1.97. The maximum Gasteiger partial charge on any atom is 0.253 e. The van der Waals surface area contributed by atoms with E-state index in [1.165, 1.54) is 11.6 Å². The molecular weight excluding hydrogens is 190 g/mol. The molecule has 0 saturated carbocycles. The molecule has 1 aliphatic rings. The van der Waals surface area contributed by atoms with E-state index in [1.807, 2.05) is 18.2 Å². The largest absolute Gasteiger partial charge is 0.289 e. The second kappa shape index (κ2) is 5.10. The molecule has 0 atom stereocenters. The number of hydrogen-bond donors (Lipinski definition) is 1. The molecule has 2 amide bonds. The predicted octanol–water partition coefficient (Wildman–Crippen LogP) is 1.58. The first-order chi connectivity index (χ1) is 7.09. The van der Waals surface area contributed by atoms with Gasteiger partial charge in [-0.25, -0.2) is 0 Å². The fourth-order valence-corrected chi connectivity index (χ4v) is 1.04. The van der Waals surface area contributed by atoms with E-state index in [2.05, 4.69) is 24.4 Å². The van der Waals surface area contributed by atoms with Crippen molar-refractivity contribution in [1.29, 1.82) is 0 Å². The Labute approximate surface area is 88.8 Å². The van der Waals surface area contributed by atoms with Crippen molar-refractivity contribution in [3.8, 4) is 0 Å². The standard InChI is InChI=1S/C7H8.C5H5NO2/c1-7-5-3-2-4-6-7;1-3-2-4(7)6-5(3)8/h2-6H,1H3;2H,1H3,(H,6,7,8). The fourth-order valence-electron chi connectivity index (χ4n) is 1.04. The molecule has 0 unspecified atom stereocenters. The van der Waals surface area contributed by atoms with Crippen LogP contribution in [0.5, 0.6) is 0 Å². The van der Waals surface area contributed by atoms with Gasteiger partial charge in [0, 0.05) is 11.6 Å². The molecular formula is C12H13NO2. The second-order valence-corrected chi connectivity index (χ2v) is 3.30. The first-order valence-electron chi connectivity index (χ1n) is 4.65. The number of imide groups is 1. The summed E-state index contributed by atoms with van der Waals surface area (Å²) < 4.78 is 0. The van der Waals surface area contributed by atoms with Crippen molar-refractivity contribution < 1.29 is 9.59 Å². The molecule has 2 rings (SSSR count). The third-order valence-electron chi connectivity index (χ3n) is 1.88. The lowest BCUT2D eigenvalue weighted by atomic mass is 10.2. The van der Waals surface area contributed by atoms with Gasteiger partial charge in [0.25, 0.3) is 11.8 Å². The number of aryl methyl sites for hydroxylation is 1. The molecule has 78 valence electrons. The van der Waals surface area contributed by atoms with Crippen LogP contribution in [-0.2, 0) is 9.59 Å². The van der Waals surface area contributed by atoms with Gasteiger partial charge in [-0.2, -0.15) is 0 Å². The minimum atomic E-state index is -0.312. The van der Waals surface area contributed by atoms with Crippen LogP contribution >= 0.6 is 0 Å². The molecule has 0 bridgehead atoms. The smallest absolute Gasteiger partial charge is 0.253 e. The lowest BCUT2D eigenvalue weighted by Crippen LogP contribution is -2.21. The highest BCUT2D eigenvalue weighted by atomic mass is 16.2. The minimum Gasteiger partial charge on any atom is -0.289 e. The van der Waals surface area contributed by atoms with Gasteiger partial charge in [-0.15, -0.1) is 0 Å². The van der Waals surface area contributed by atoms with Crippen LogP contribution in [0.15, 0.2) is 42.0 Å². The number of nitrogens with one attached hydrogen (secondary N) is 1. The van der Waals surface area contributed by atoms with Gasteiger partial charge in [0.15, 0.2) is 0 Å². The molecule has 0 spiro atoms. The lowest BCUT2D eigenvalue weighted by Gasteiger charge is -1.84. The van der Waals surface area contributed by atoms with Crippen LogP contribution in [0, 0.1) is 6.92 Å². The lowest BCUT2D eigenvalue weighted by molar-refractivity contribution is -0.123. The molecule has 0 aliphatic carbocycles. The van der Waals surface area contributed by atoms with Gasteiger partial charge in [-0.3, -0.25) is 14.9 Å². The van der Waals surface area contributed by atoms with E-state index in [1.54, 1.807) is 6.92 Å². The zero-order valence-electron chi connectivity index (χ0n) is 8.78. The Bertz CT molecular complexity index is 393. The number of rotatable bonds is 0. The summed E-state index contributed by atoms with van der Waals surface area (Å²) in [5.41, 5.74) is 1.80. The highest BCUT2D eigenvalue weighted by molar-refractivity contribution is 6.15. The Hall–Kier alpha value is -1.90. The maximum absolute atomic E-state index is 10.4. The van der Waals surface area contributed by atoms with Gasteiger partial charge in [0.1, 0.15) is 0 Å². The summed E-state index contributed by atoms with van der Waals surface area (Å²) in [6.07, 6.45) is 1.28. The fraction of sp³-hybridized carbons (Fsp3) is 0.167. The number of carbonyl (C=O) groups is 2. The van der Waals surface area contributed by atoms with Crippen molar-refractivity contribution in [3.63, 3.8) is 0 Å². The van der Waals surface area contributed by atoms with E-state index in [0.717, 1.165) is 0 Å². The molecule has 3 heteroatoms. The van der Waals surface area contributed by atoms with Crippen LogP contribution in [0.2, 0.25) is 0 Å². The number of hydrogen-bond acceptors (Lipinski definition) is 2. The van der Waals surface area contributed by atoms with E-state index >= 15 is 0 Å². The Morgan fingerprint density at radius 2 is 1.60 bits per heavy atom. The van der Waals surface area contributed by atoms with Gasteiger partial charge >= 0.3 is 0 Å². The number of benzene rings is 1. The second-order valence-electron chi connectivity index (χ2n) is 3.30. The summed E-state index contributed by atoms with van der Waals surface area (Å²) in [6, 6.07) is 10.3. The summed E-state index contributed by atoms with van der Waals surface area (Å²) in [6.45, 7) is 3.68. The Kier molecular flexibility index (Phi) is 3.80. The SMILES string of the molecule is CC1=CC(=O)NC1=O.Cc1ccccc1. The molecule has 1 heterocycles. The molecule has 0 saturated heterocycles. The molecule has 1 N–H and O–H groups in total. The third kappa shape index (κ3) is 3.77. The van der Waals surface area contributed by atoms with E-state index in [9.17, 15) is 9.59 Å². The number of amides is 2. The van der Waals surface area contributed by atoms with E-state index < -0.39 is 0 Å². The van der Waals surface area contributed by atoms with Crippen molar-refractivity contribution >= 4 is 11.8 Å². The van der Waals surface area contributed by atoms with Gasteiger partial charge in [-0.1, -0.05) is 35.9 Å². The maximum atomic E-state index is 10.4. The first kappa shape index (κ1) is 11.2. The van der Waals surface area contributed by atoms with Crippen molar-refractivity contribution in [2.24, 2.45) is 0 Å². The van der Waals surface area contributed by atoms with Crippen molar-refractivity contribution in [2.75, 3.05) is 0 Å². The Morgan fingerprint density at radius 1 is 1.00 bits per heavy atom. The molecule has 0 aromatic heterocycles. The van der Waals surface area contributed by atoms with E-state index in [0.29, 0.717) is 5.57 Å². The molecule has 0 fully saturated rings. The van der Waals surface area contributed by atoms with Crippen molar-refractivity contribution in [1.82, 2.24) is 5.32 Å². The van der Waals surface area contributed by atoms with Crippen molar-refractivity contribution in [2.45, 2.75) is 13.8 Å². The average molecular weight is 203 g/mol. The Morgan fingerprint density at radius 3 is 1.80 bits per heavy atom. The first-order valence-corrected chi connectivity index (χ1v) is 4.65. The number of carbonyl (C=O) groups excluding carboxylic acids is 2. The van der Waals surface area contributed by atoms with E-state index in [-0.39, 0.29) is 11.8 Å². The Balaban J connectivity index is 0.000000151. The van der Waals surface area contributed by atoms with Gasteiger partial charge in [0.05, 0.1) is 0 Å². The van der Waals surface area contributed by atoms with E-state index in [4.69, 9.17) is 0 Å². The zero-order chi connectivity index (χ0) is 11.3. The molecule has 3 nitrogen and oxygen atoms in total. The van der Waals surface area contributed by atoms with Gasteiger partial charge < -0.3 is 0 Å². The van der Waals surface area contributed by atoms with Crippen LogP contribution in [0.3, 0.4) is 0 Å². The topological polar surface area (TPSA) is 46.2 Å². The summed E-state index contributed by atoms with van der Waals surface area (Å²) in [5, 5.41) is 2.10. The third-order valence-corrected chi connectivity index (χ3v) is 1.88. The quantitative estimate of drug-likeness (QED) is 0.651. The molecule has 1 aliphatic heterocycles. The van der Waals surface area contributed by atoms with Gasteiger partial charge in [0.2, 0.25) is 0 Å². The molecule has 1 aromatic carbocycles. The van der Waals surface area contributed by atoms with Crippen LogP contribution in [0.25, 0.3) is 0 Å². The summed E-state index contributed by atoms with van der Waals surface area (Å²) >= 11 is 0. The zero-order valence-corrected chi connectivity index (χ0v) is 8.78. The minimum absolute atomic E-state index is 0.282. The van der Waals surface area contributed by atoms with Crippen LogP contribution in [0.4, 0.5) is 0 Å². The predicted molar refractivity (Wildman–Crippen MR) is 58.1 cm³/mol. The molecule has 0 radical (unpaired) electrons. The monoisotopic (exact) mass is 203 g/mol. The van der Waals surface area contributed by atoms with Crippen LogP contribution in [-0.4, -0.2) is 11.8 Å². The van der Waals surface area contributed by atoms with Gasteiger partial charge in [-0.05, 0) is 13.8 Å². The molecule has 15 heavy (non-hydrogen) atoms.